The monoisotopic (exact) mass is 296 g/mol. The van der Waals surface area contributed by atoms with Crippen LogP contribution in [0.5, 0.6) is 5.75 Å². The summed E-state index contributed by atoms with van der Waals surface area (Å²) in [4.78, 5) is 2.50. The maximum Gasteiger partial charge on any atom is 0.137 e. The van der Waals surface area contributed by atoms with E-state index in [2.05, 4.69) is 11.8 Å². The summed E-state index contributed by atoms with van der Waals surface area (Å²) in [6, 6.07) is 8.25. The molecule has 2 N–H and O–H groups in total. The maximum absolute atomic E-state index is 6.09. The Morgan fingerprint density at radius 3 is 2.85 bits per heavy atom. The van der Waals surface area contributed by atoms with Gasteiger partial charge in [0.2, 0.25) is 0 Å². The highest BCUT2D eigenvalue weighted by atomic mass is 35.5. The normalized spacial score (nSPS) is 22.4. The van der Waals surface area contributed by atoms with Gasteiger partial charge in [0.1, 0.15) is 12.4 Å². The van der Waals surface area contributed by atoms with E-state index in [-0.39, 0.29) is 0 Å². The first-order chi connectivity index (χ1) is 9.76. The molecule has 112 valence electrons. The van der Waals surface area contributed by atoms with Crippen molar-refractivity contribution < 1.29 is 4.74 Å². The number of ether oxygens (including phenoxy) is 1. The number of hydrogen-bond donors (Lipinski definition) is 1. The Morgan fingerprint density at radius 2 is 2.15 bits per heavy atom. The number of hydrogen-bond acceptors (Lipinski definition) is 3. The van der Waals surface area contributed by atoms with Crippen LogP contribution in [0.2, 0.25) is 5.02 Å². The van der Waals surface area contributed by atoms with Crippen LogP contribution in [-0.4, -0.2) is 37.2 Å². The van der Waals surface area contributed by atoms with Gasteiger partial charge in [0.15, 0.2) is 0 Å². The van der Waals surface area contributed by atoms with E-state index in [9.17, 15) is 0 Å². The lowest BCUT2D eigenvalue weighted by Crippen LogP contribution is -2.42. The summed E-state index contributed by atoms with van der Waals surface area (Å²) in [7, 11) is 0. The van der Waals surface area contributed by atoms with Crippen LogP contribution >= 0.6 is 11.6 Å². The largest absolute Gasteiger partial charge is 0.491 e. The predicted octanol–water partition coefficient (Wildman–Crippen LogP) is 3.17. The number of rotatable bonds is 7. The van der Waals surface area contributed by atoms with Crippen LogP contribution in [0.4, 0.5) is 0 Å². The van der Waals surface area contributed by atoms with E-state index < -0.39 is 0 Å². The topological polar surface area (TPSA) is 38.5 Å². The number of nitrogens with zero attached hydrogens (tertiary/aromatic N) is 1. The Kier molecular flexibility index (Phi) is 6.14. The molecule has 2 atom stereocenters. The summed E-state index contributed by atoms with van der Waals surface area (Å²) in [5.41, 5.74) is 5.88. The molecule has 3 nitrogen and oxygen atoms in total. The number of nitrogens with two attached hydrogens (primary N) is 1. The van der Waals surface area contributed by atoms with E-state index >= 15 is 0 Å². The summed E-state index contributed by atoms with van der Waals surface area (Å²) >= 11 is 6.09. The smallest absolute Gasteiger partial charge is 0.137 e. The molecule has 0 amide bonds. The van der Waals surface area contributed by atoms with Gasteiger partial charge in [-0.15, -0.1) is 0 Å². The molecule has 1 saturated carbocycles. The van der Waals surface area contributed by atoms with Gasteiger partial charge in [-0.25, -0.2) is 0 Å². The minimum Gasteiger partial charge on any atom is -0.491 e. The molecule has 1 aromatic rings. The second-order valence-corrected chi connectivity index (χ2v) is 5.81. The lowest BCUT2D eigenvalue weighted by Gasteiger charge is -2.31. The van der Waals surface area contributed by atoms with Crippen molar-refractivity contribution in [3.8, 4) is 5.75 Å². The maximum atomic E-state index is 6.09. The van der Waals surface area contributed by atoms with Crippen molar-refractivity contribution >= 4 is 11.6 Å². The summed E-state index contributed by atoms with van der Waals surface area (Å²) < 4.78 is 5.79. The van der Waals surface area contributed by atoms with Crippen molar-refractivity contribution in [2.45, 2.75) is 32.2 Å². The van der Waals surface area contributed by atoms with Crippen LogP contribution in [0.25, 0.3) is 0 Å². The zero-order valence-corrected chi connectivity index (χ0v) is 13.0. The van der Waals surface area contributed by atoms with Crippen LogP contribution < -0.4 is 10.5 Å². The highest BCUT2D eigenvalue weighted by Crippen LogP contribution is 2.29. The predicted molar refractivity (Wildman–Crippen MR) is 84.4 cm³/mol. The van der Waals surface area contributed by atoms with Gasteiger partial charge in [0.25, 0.3) is 0 Å². The zero-order chi connectivity index (χ0) is 14.4. The highest BCUT2D eigenvalue weighted by Gasteiger charge is 2.30. The number of benzene rings is 1. The Morgan fingerprint density at radius 1 is 1.35 bits per heavy atom. The fourth-order valence-electron chi connectivity index (χ4n) is 3.17. The number of likely N-dealkylation sites (N-methyl/N-ethyl adjacent to an activating group) is 1. The van der Waals surface area contributed by atoms with Crippen molar-refractivity contribution in [1.29, 1.82) is 0 Å². The van der Waals surface area contributed by atoms with Gasteiger partial charge in [-0.1, -0.05) is 37.1 Å². The second kappa shape index (κ2) is 7.87. The van der Waals surface area contributed by atoms with Gasteiger partial charge in [0, 0.05) is 12.6 Å². The molecular weight excluding hydrogens is 272 g/mol. The first-order valence-electron chi connectivity index (χ1n) is 7.57. The Hall–Kier alpha value is -0.770. The summed E-state index contributed by atoms with van der Waals surface area (Å²) in [6.07, 6.45) is 3.83. The van der Waals surface area contributed by atoms with E-state index in [0.29, 0.717) is 23.6 Å². The molecule has 0 saturated heterocycles. The van der Waals surface area contributed by atoms with Crippen molar-refractivity contribution in [3.05, 3.63) is 29.3 Å². The Labute approximate surface area is 127 Å². The van der Waals surface area contributed by atoms with Crippen LogP contribution in [0.15, 0.2) is 24.3 Å². The lowest BCUT2D eigenvalue weighted by molar-refractivity contribution is 0.141. The third kappa shape index (κ3) is 3.87. The van der Waals surface area contributed by atoms with E-state index in [0.717, 1.165) is 25.4 Å². The molecule has 1 aromatic carbocycles. The standard InChI is InChI=1S/C16H25ClN2O/c1-2-19(15-8-5-6-13(15)12-18)10-11-20-16-9-4-3-7-14(16)17/h3-4,7,9,13,15H,2,5-6,8,10-12,18H2,1H3. The minimum absolute atomic E-state index is 0.625. The van der Waals surface area contributed by atoms with Gasteiger partial charge in [-0.2, -0.15) is 0 Å². The van der Waals surface area contributed by atoms with E-state index in [4.69, 9.17) is 22.1 Å². The lowest BCUT2D eigenvalue weighted by atomic mass is 10.0. The first-order valence-corrected chi connectivity index (χ1v) is 7.95. The molecule has 1 fully saturated rings. The van der Waals surface area contributed by atoms with Crippen LogP contribution in [0.1, 0.15) is 26.2 Å². The summed E-state index contributed by atoms with van der Waals surface area (Å²) in [5.74, 6) is 1.42. The molecule has 0 aliphatic heterocycles. The number of para-hydroxylation sites is 1. The third-order valence-corrected chi connectivity index (χ3v) is 4.58. The number of halogens is 1. The van der Waals surface area contributed by atoms with Crippen molar-refractivity contribution in [2.75, 3.05) is 26.2 Å². The highest BCUT2D eigenvalue weighted by molar-refractivity contribution is 6.32. The fraction of sp³-hybridized carbons (Fsp3) is 0.625. The van der Waals surface area contributed by atoms with Gasteiger partial charge in [-0.05, 0) is 44.0 Å². The molecule has 2 rings (SSSR count). The average molecular weight is 297 g/mol. The van der Waals surface area contributed by atoms with E-state index in [1.807, 2.05) is 24.3 Å². The van der Waals surface area contributed by atoms with Crippen LogP contribution in [0.3, 0.4) is 0 Å². The van der Waals surface area contributed by atoms with Crippen molar-refractivity contribution in [2.24, 2.45) is 11.7 Å². The second-order valence-electron chi connectivity index (χ2n) is 5.40. The molecule has 0 bridgehead atoms. The minimum atomic E-state index is 0.625. The molecular formula is C16H25ClN2O. The molecule has 1 aliphatic carbocycles. The first kappa shape index (κ1) is 15.6. The van der Waals surface area contributed by atoms with Crippen LogP contribution in [-0.2, 0) is 0 Å². The van der Waals surface area contributed by atoms with E-state index in [1.165, 1.54) is 19.3 Å². The molecule has 0 spiro atoms. The summed E-state index contributed by atoms with van der Waals surface area (Å²) in [5, 5.41) is 0.677. The third-order valence-electron chi connectivity index (χ3n) is 4.27. The molecule has 4 heteroatoms. The molecule has 1 aliphatic rings. The summed E-state index contributed by atoms with van der Waals surface area (Å²) in [6.45, 7) is 5.66. The average Bonchev–Trinajstić information content (AvgIpc) is 2.94. The quantitative estimate of drug-likeness (QED) is 0.840. The fourth-order valence-corrected chi connectivity index (χ4v) is 3.36. The molecule has 20 heavy (non-hydrogen) atoms. The van der Waals surface area contributed by atoms with Gasteiger partial charge in [0.05, 0.1) is 5.02 Å². The molecule has 2 unspecified atom stereocenters. The zero-order valence-electron chi connectivity index (χ0n) is 12.2. The van der Waals surface area contributed by atoms with Crippen molar-refractivity contribution in [1.82, 2.24) is 4.90 Å². The van der Waals surface area contributed by atoms with Gasteiger partial charge < -0.3 is 10.5 Å². The Balaban J connectivity index is 1.84. The van der Waals surface area contributed by atoms with E-state index in [1.54, 1.807) is 0 Å². The molecule has 0 heterocycles. The molecule has 0 aromatic heterocycles. The van der Waals surface area contributed by atoms with Crippen molar-refractivity contribution in [3.63, 3.8) is 0 Å². The Bertz CT molecular complexity index is 413. The van der Waals surface area contributed by atoms with Gasteiger partial charge in [-0.3, -0.25) is 4.90 Å². The molecule has 0 radical (unpaired) electrons. The van der Waals surface area contributed by atoms with Gasteiger partial charge >= 0.3 is 0 Å². The SMILES string of the molecule is CCN(CCOc1ccccc1Cl)C1CCCC1CN. The van der Waals surface area contributed by atoms with Crippen LogP contribution in [0, 0.1) is 5.92 Å².